The van der Waals surface area contributed by atoms with Crippen molar-refractivity contribution in [1.82, 2.24) is 20.5 Å². The number of carbonyl (C=O) groups excluding carboxylic acids is 2. The quantitative estimate of drug-likeness (QED) is 0.577. The van der Waals surface area contributed by atoms with E-state index in [9.17, 15) is 14.7 Å². The Morgan fingerprint density at radius 2 is 2.30 bits per heavy atom. The first-order valence-corrected chi connectivity index (χ1v) is 7.16. The molecule has 8 heteroatoms. The molecule has 7 nitrogen and oxygen atoms in total. The average molecular weight is 343 g/mol. The maximum absolute atomic E-state index is 12.1. The Balaban J connectivity index is 1.94. The summed E-state index contributed by atoms with van der Waals surface area (Å²) in [5, 5.41) is 18.2. The van der Waals surface area contributed by atoms with Gasteiger partial charge in [-0.25, -0.2) is 4.79 Å². The van der Waals surface area contributed by atoms with Gasteiger partial charge in [0.05, 0.1) is 28.8 Å². The zero-order valence-corrected chi connectivity index (χ0v) is 12.3. The third kappa shape index (κ3) is 1.90. The molecule has 0 bridgehead atoms. The smallest absolute Gasteiger partial charge is 0.314 e. The number of aliphatic hydroxyl groups excluding tert-OH is 1. The fourth-order valence-electron chi connectivity index (χ4n) is 3.05. The topological polar surface area (TPSA) is 95.4 Å². The third-order valence-electron chi connectivity index (χ3n) is 3.95. The summed E-state index contributed by atoms with van der Waals surface area (Å²) in [5.74, 6) is -0.199. The maximum Gasteiger partial charge on any atom is 0.314 e. The lowest BCUT2D eigenvalue weighted by molar-refractivity contribution is 0.0873. The SMILES string of the molecule is CNC(=O)N[C@H]1[C@@H]2NC(=O)c3ccc(Br)n3[C@@H]2C[C@H]1O. The normalized spacial score (nSPS) is 31.2. The largest absolute Gasteiger partial charge is 0.391 e. The van der Waals surface area contributed by atoms with Crippen LogP contribution in [0.5, 0.6) is 0 Å². The van der Waals surface area contributed by atoms with Crippen molar-refractivity contribution >= 4 is 27.9 Å². The van der Waals surface area contributed by atoms with E-state index >= 15 is 0 Å². The average Bonchev–Trinajstić information content (AvgIpc) is 2.93. The van der Waals surface area contributed by atoms with Crippen molar-refractivity contribution in [3.63, 3.8) is 0 Å². The van der Waals surface area contributed by atoms with E-state index in [2.05, 4.69) is 31.9 Å². The molecular weight excluding hydrogens is 328 g/mol. The van der Waals surface area contributed by atoms with Gasteiger partial charge in [0.15, 0.2) is 0 Å². The molecule has 1 aromatic rings. The number of carbonyl (C=O) groups is 2. The number of rotatable bonds is 1. The van der Waals surface area contributed by atoms with E-state index in [0.29, 0.717) is 12.1 Å². The molecule has 108 valence electrons. The second-order valence-corrected chi connectivity index (χ2v) is 5.84. The number of aromatic nitrogens is 1. The molecule has 2 aliphatic rings. The zero-order chi connectivity index (χ0) is 14.4. The Morgan fingerprint density at radius 1 is 1.55 bits per heavy atom. The molecule has 0 saturated heterocycles. The van der Waals surface area contributed by atoms with Crippen molar-refractivity contribution in [3.05, 3.63) is 22.4 Å². The van der Waals surface area contributed by atoms with Gasteiger partial charge in [-0.15, -0.1) is 0 Å². The maximum atomic E-state index is 12.1. The van der Waals surface area contributed by atoms with Gasteiger partial charge in [-0.3, -0.25) is 4.79 Å². The monoisotopic (exact) mass is 342 g/mol. The van der Waals surface area contributed by atoms with Crippen LogP contribution < -0.4 is 16.0 Å². The summed E-state index contributed by atoms with van der Waals surface area (Å²) >= 11 is 3.42. The minimum Gasteiger partial charge on any atom is -0.391 e. The number of amides is 3. The number of fused-ring (bicyclic) bond motifs is 3. The summed E-state index contributed by atoms with van der Waals surface area (Å²) in [6.07, 6.45) is -0.234. The predicted octanol–water partition coefficient (Wildman–Crippen LogP) is -0.0341. The first-order chi connectivity index (χ1) is 9.52. The van der Waals surface area contributed by atoms with Crippen LogP contribution in [0.15, 0.2) is 16.7 Å². The van der Waals surface area contributed by atoms with Gasteiger partial charge in [0.1, 0.15) is 5.69 Å². The standard InChI is InChI=1S/C12H15BrN4O3/c1-14-12(20)16-10-7(18)4-6-9(10)15-11(19)5-2-3-8(13)17(5)6/h2-3,6-7,9-10,18H,4H2,1H3,(H,15,19)(H2,14,16,20)/t6-,7-,9-,10-/m1/s1. The number of nitrogens with one attached hydrogen (secondary N) is 3. The van der Waals surface area contributed by atoms with Crippen LogP contribution in [0.2, 0.25) is 0 Å². The summed E-state index contributed by atoms with van der Waals surface area (Å²) in [5.41, 5.74) is 0.561. The number of hydrogen-bond acceptors (Lipinski definition) is 3. The second-order valence-electron chi connectivity index (χ2n) is 5.03. The van der Waals surface area contributed by atoms with Gasteiger partial charge in [-0.05, 0) is 34.5 Å². The zero-order valence-electron chi connectivity index (χ0n) is 10.8. The molecule has 4 atom stereocenters. The van der Waals surface area contributed by atoms with Crippen molar-refractivity contribution in [1.29, 1.82) is 0 Å². The second kappa shape index (κ2) is 4.78. The number of nitrogens with zero attached hydrogens (tertiary/aromatic N) is 1. The van der Waals surface area contributed by atoms with Gasteiger partial charge in [-0.2, -0.15) is 0 Å². The Labute approximate surface area is 123 Å². The lowest BCUT2D eigenvalue weighted by Gasteiger charge is -2.33. The summed E-state index contributed by atoms with van der Waals surface area (Å²) in [7, 11) is 1.51. The van der Waals surface area contributed by atoms with Gasteiger partial charge in [0.2, 0.25) is 0 Å². The Hall–Kier alpha value is -1.54. The Kier molecular flexibility index (Phi) is 3.21. The molecule has 1 aromatic heterocycles. The molecule has 3 rings (SSSR count). The highest BCUT2D eigenvalue weighted by molar-refractivity contribution is 9.10. The van der Waals surface area contributed by atoms with E-state index in [-0.39, 0.29) is 24.0 Å². The first-order valence-electron chi connectivity index (χ1n) is 6.37. The van der Waals surface area contributed by atoms with Crippen molar-refractivity contribution in [2.45, 2.75) is 30.7 Å². The van der Waals surface area contributed by atoms with Crippen LogP contribution in [0.4, 0.5) is 4.79 Å². The molecular formula is C12H15BrN4O3. The highest BCUT2D eigenvalue weighted by Gasteiger charge is 2.48. The van der Waals surface area contributed by atoms with Crippen molar-refractivity contribution in [3.8, 4) is 0 Å². The first kappa shape index (κ1) is 13.4. The van der Waals surface area contributed by atoms with E-state index in [4.69, 9.17) is 0 Å². The van der Waals surface area contributed by atoms with Gasteiger partial charge >= 0.3 is 6.03 Å². The molecule has 1 saturated carbocycles. The van der Waals surface area contributed by atoms with Gasteiger partial charge in [0, 0.05) is 7.05 Å². The van der Waals surface area contributed by atoms with Crippen LogP contribution in [-0.2, 0) is 0 Å². The predicted molar refractivity (Wildman–Crippen MR) is 74.4 cm³/mol. The van der Waals surface area contributed by atoms with Gasteiger partial charge < -0.3 is 25.6 Å². The fourth-order valence-corrected chi connectivity index (χ4v) is 3.64. The molecule has 0 aromatic carbocycles. The molecule has 4 N–H and O–H groups in total. The van der Waals surface area contributed by atoms with E-state index in [1.54, 1.807) is 6.07 Å². The van der Waals surface area contributed by atoms with Crippen LogP contribution in [-0.4, -0.2) is 46.8 Å². The molecule has 2 heterocycles. The third-order valence-corrected chi connectivity index (χ3v) is 4.60. The van der Waals surface area contributed by atoms with E-state index in [1.165, 1.54) is 7.05 Å². The summed E-state index contributed by atoms with van der Waals surface area (Å²) in [6.45, 7) is 0. The highest BCUT2D eigenvalue weighted by Crippen LogP contribution is 2.37. The molecule has 0 radical (unpaired) electrons. The molecule has 0 unspecified atom stereocenters. The van der Waals surface area contributed by atoms with E-state index < -0.39 is 12.1 Å². The number of hydrogen-bond donors (Lipinski definition) is 4. The highest BCUT2D eigenvalue weighted by atomic mass is 79.9. The minimum atomic E-state index is -0.706. The van der Waals surface area contributed by atoms with Crippen molar-refractivity contribution < 1.29 is 14.7 Å². The van der Waals surface area contributed by atoms with Crippen LogP contribution in [0.3, 0.4) is 0 Å². The van der Waals surface area contributed by atoms with Crippen LogP contribution in [0.25, 0.3) is 0 Å². The number of urea groups is 1. The molecule has 1 aliphatic carbocycles. The molecule has 0 spiro atoms. The minimum absolute atomic E-state index is 0.0794. The summed E-state index contributed by atoms with van der Waals surface area (Å²) in [6, 6.07) is 2.26. The molecule has 1 aliphatic heterocycles. The number of aliphatic hydroxyl groups is 1. The van der Waals surface area contributed by atoms with Crippen LogP contribution >= 0.6 is 15.9 Å². The van der Waals surface area contributed by atoms with Crippen molar-refractivity contribution in [2.24, 2.45) is 0 Å². The molecule has 1 fully saturated rings. The lowest BCUT2D eigenvalue weighted by atomic mass is 10.1. The van der Waals surface area contributed by atoms with Gasteiger partial charge in [-0.1, -0.05) is 0 Å². The summed E-state index contributed by atoms with van der Waals surface area (Å²) in [4.78, 5) is 23.6. The van der Waals surface area contributed by atoms with E-state index in [0.717, 1.165) is 4.60 Å². The van der Waals surface area contributed by atoms with Crippen molar-refractivity contribution in [2.75, 3.05) is 7.05 Å². The van der Waals surface area contributed by atoms with Crippen LogP contribution in [0.1, 0.15) is 23.0 Å². The lowest BCUT2D eigenvalue weighted by Crippen LogP contribution is -2.57. The Morgan fingerprint density at radius 3 is 3.00 bits per heavy atom. The van der Waals surface area contributed by atoms with Gasteiger partial charge in [0.25, 0.3) is 5.91 Å². The Bertz CT molecular complexity index is 573. The molecule has 20 heavy (non-hydrogen) atoms. The van der Waals surface area contributed by atoms with Crippen LogP contribution in [0, 0.1) is 0 Å². The molecule has 3 amide bonds. The van der Waals surface area contributed by atoms with E-state index in [1.807, 2.05) is 10.6 Å². The summed E-state index contributed by atoms with van der Waals surface area (Å²) < 4.78 is 2.67. The fraction of sp³-hybridized carbons (Fsp3) is 0.500. The number of halogens is 1.